The Morgan fingerprint density at radius 1 is 1.41 bits per heavy atom. The molecule has 2 N–H and O–H groups in total. The molecule has 2 rings (SSSR count). The van der Waals surface area contributed by atoms with E-state index in [0.29, 0.717) is 23.3 Å². The number of rotatable bonds is 4. The van der Waals surface area contributed by atoms with Crippen LogP contribution < -0.4 is 10.4 Å². The van der Waals surface area contributed by atoms with Gasteiger partial charge >= 0.3 is 0 Å². The minimum atomic E-state index is -1.24. The van der Waals surface area contributed by atoms with Crippen molar-refractivity contribution in [2.45, 2.75) is 0 Å². The predicted molar refractivity (Wildman–Crippen MR) is 59.4 cm³/mol. The van der Waals surface area contributed by atoms with Gasteiger partial charge in [0.2, 0.25) is 0 Å². The van der Waals surface area contributed by atoms with E-state index in [1.54, 1.807) is 6.07 Å². The zero-order chi connectivity index (χ0) is 12.3. The van der Waals surface area contributed by atoms with E-state index in [4.69, 9.17) is 5.11 Å². The molecule has 2 aromatic rings. The molecule has 0 unspecified atom stereocenters. The van der Waals surface area contributed by atoms with Gasteiger partial charge in [0, 0.05) is 11.9 Å². The lowest BCUT2D eigenvalue weighted by molar-refractivity contribution is -0.255. The Bertz CT molecular complexity index is 557. The number of carbonyl (C=O) groups excluding carboxylic acids is 1. The summed E-state index contributed by atoms with van der Waals surface area (Å²) in [7, 11) is 0. The van der Waals surface area contributed by atoms with Gasteiger partial charge in [-0.25, -0.2) is 9.97 Å². The minimum absolute atomic E-state index is 0.0113. The fraction of sp³-hybridized carbons (Fsp3) is 0.182. The fourth-order valence-corrected chi connectivity index (χ4v) is 1.50. The average molecular weight is 232 g/mol. The molecule has 0 spiro atoms. The molecule has 0 radical (unpaired) electrons. The molecule has 6 nitrogen and oxygen atoms in total. The van der Waals surface area contributed by atoms with Gasteiger partial charge in [-0.2, -0.15) is 0 Å². The van der Waals surface area contributed by atoms with Gasteiger partial charge in [-0.15, -0.1) is 0 Å². The third-order valence-electron chi connectivity index (χ3n) is 2.28. The van der Waals surface area contributed by atoms with Crippen LogP contribution in [-0.4, -0.2) is 34.2 Å². The molecule has 0 fully saturated rings. The van der Waals surface area contributed by atoms with Gasteiger partial charge in [0.15, 0.2) is 0 Å². The maximum absolute atomic E-state index is 10.7. The number of carboxylic acids is 1. The third kappa shape index (κ3) is 2.31. The number of anilines is 1. The zero-order valence-electron chi connectivity index (χ0n) is 8.88. The summed E-state index contributed by atoms with van der Waals surface area (Å²) in [4.78, 5) is 18.7. The molecule has 0 saturated carbocycles. The number of aromatic nitrogens is 2. The van der Waals surface area contributed by atoms with Crippen molar-refractivity contribution < 1.29 is 15.0 Å². The van der Waals surface area contributed by atoms with E-state index in [1.165, 1.54) is 18.5 Å². The summed E-state index contributed by atoms with van der Waals surface area (Å²) < 4.78 is 0. The predicted octanol–water partition coefficient (Wildman–Crippen LogP) is -0.603. The molecule has 0 atom stereocenters. The van der Waals surface area contributed by atoms with Crippen molar-refractivity contribution in [2.75, 3.05) is 18.5 Å². The molecule has 0 saturated heterocycles. The van der Waals surface area contributed by atoms with Crippen molar-refractivity contribution in [1.29, 1.82) is 0 Å². The number of aromatic carboxylic acids is 1. The number of hydrogen-bond donors (Lipinski definition) is 2. The topological polar surface area (TPSA) is 98.2 Å². The summed E-state index contributed by atoms with van der Waals surface area (Å²) in [5.41, 5.74) is 0.589. The highest BCUT2D eigenvalue weighted by Crippen LogP contribution is 2.19. The van der Waals surface area contributed by atoms with Gasteiger partial charge in [-0.3, -0.25) is 0 Å². The molecule has 1 aromatic carbocycles. The van der Waals surface area contributed by atoms with Crippen molar-refractivity contribution >= 4 is 22.7 Å². The van der Waals surface area contributed by atoms with Crippen LogP contribution in [0.4, 0.5) is 5.82 Å². The lowest BCUT2D eigenvalue weighted by Gasteiger charge is -2.08. The Morgan fingerprint density at radius 3 is 2.94 bits per heavy atom. The number of nitrogens with zero attached hydrogens (tertiary/aromatic N) is 2. The van der Waals surface area contributed by atoms with E-state index >= 15 is 0 Å². The van der Waals surface area contributed by atoms with Gasteiger partial charge in [0.25, 0.3) is 0 Å². The largest absolute Gasteiger partial charge is 0.545 e. The van der Waals surface area contributed by atoms with Crippen molar-refractivity contribution in [1.82, 2.24) is 9.97 Å². The minimum Gasteiger partial charge on any atom is -0.545 e. The maximum atomic E-state index is 10.7. The van der Waals surface area contributed by atoms with E-state index < -0.39 is 5.97 Å². The van der Waals surface area contributed by atoms with Crippen LogP contribution >= 0.6 is 0 Å². The van der Waals surface area contributed by atoms with E-state index in [-0.39, 0.29) is 12.2 Å². The zero-order valence-corrected chi connectivity index (χ0v) is 8.88. The fourth-order valence-electron chi connectivity index (χ4n) is 1.50. The van der Waals surface area contributed by atoms with Gasteiger partial charge in [-0.1, -0.05) is 6.07 Å². The Morgan fingerprint density at radius 2 is 2.24 bits per heavy atom. The highest BCUT2D eigenvalue weighted by Gasteiger charge is 2.04. The summed E-state index contributed by atoms with van der Waals surface area (Å²) in [5.74, 6) is -0.677. The molecule has 0 amide bonds. The van der Waals surface area contributed by atoms with Gasteiger partial charge in [0.1, 0.15) is 12.1 Å². The number of carbonyl (C=O) groups is 1. The Labute approximate surface area is 96.9 Å². The third-order valence-corrected chi connectivity index (χ3v) is 2.28. The molecular weight excluding hydrogens is 222 g/mol. The van der Waals surface area contributed by atoms with E-state index in [9.17, 15) is 9.90 Å². The van der Waals surface area contributed by atoms with Crippen LogP contribution in [0.3, 0.4) is 0 Å². The Hall–Kier alpha value is -2.21. The highest BCUT2D eigenvalue weighted by molar-refractivity contribution is 5.95. The van der Waals surface area contributed by atoms with Crippen LogP contribution in [0.2, 0.25) is 0 Å². The molecule has 88 valence electrons. The molecule has 0 aliphatic heterocycles. The molecular formula is C11H10N3O3-. The van der Waals surface area contributed by atoms with Crippen molar-refractivity contribution in [3.8, 4) is 0 Å². The van der Waals surface area contributed by atoms with Crippen LogP contribution in [0, 0.1) is 0 Å². The number of benzene rings is 1. The maximum Gasteiger partial charge on any atom is 0.137 e. The first-order valence-electron chi connectivity index (χ1n) is 5.03. The Balaban J connectivity index is 2.47. The first-order chi connectivity index (χ1) is 8.22. The van der Waals surface area contributed by atoms with Gasteiger partial charge < -0.3 is 20.3 Å². The number of aliphatic hydroxyl groups is 1. The summed E-state index contributed by atoms with van der Waals surface area (Å²) in [6.45, 7) is 0.358. The molecule has 0 aliphatic rings. The standard InChI is InChI=1S/C11H11N3O3/c15-4-3-12-10-8-2-1-7(11(16)17)5-9(8)13-6-14-10/h1-2,5-6,15H,3-4H2,(H,16,17)(H,12,13,14)/p-1. The van der Waals surface area contributed by atoms with Crippen molar-refractivity contribution in [2.24, 2.45) is 0 Å². The molecule has 1 heterocycles. The van der Waals surface area contributed by atoms with Crippen LogP contribution in [0.5, 0.6) is 0 Å². The smallest absolute Gasteiger partial charge is 0.137 e. The van der Waals surface area contributed by atoms with E-state index in [0.717, 1.165) is 0 Å². The van der Waals surface area contributed by atoms with Crippen LogP contribution in [0.1, 0.15) is 10.4 Å². The monoisotopic (exact) mass is 232 g/mol. The van der Waals surface area contributed by atoms with Crippen LogP contribution in [0.25, 0.3) is 10.9 Å². The lowest BCUT2D eigenvalue weighted by Crippen LogP contribution is -2.22. The van der Waals surface area contributed by atoms with Crippen LogP contribution in [0.15, 0.2) is 24.5 Å². The lowest BCUT2D eigenvalue weighted by atomic mass is 10.1. The number of carboxylic acid groups (broad SMARTS) is 1. The summed E-state index contributed by atoms with van der Waals surface area (Å²) in [5, 5.41) is 23.0. The number of aliphatic hydroxyl groups excluding tert-OH is 1. The number of hydrogen-bond acceptors (Lipinski definition) is 6. The molecule has 17 heavy (non-hydrogen) atoms. The second-order valence-electron chi connectivity index (χ2n) is 3.39. The van der Waals surface area contributed by atoms with Crippen LogP contribution in [-0.2, 0) is 0 Å². The molecule has 0 bridgehead atoms. The van der Waals surface area contributed by atoms with E-state index in [2.05, 4.69) is 15.3 Å². The SMILES string of the molecule is O=C([O-])c1ccc2c(NCCO)ncnc2c1. The van der Waals surface area contributed by atoms with Gasteiger partial charge in [-0.05, 0) is 17.7 Å². The first kappa shape index (κ1) is 11.3. The quantitative estimate of drug-likeness (QED) is 0.730. The average Bonchev–Trinajstić information content (AvgIpc) is 2.35. The Kier molecular flexibility index (Phi) is 3.15. The van der Waals surface area contributed by atoms with Crippen molar-refractivity contribution in [3.63, 3.8) is 0 Å². The summed E-state index contributed by atoms with van der Waals surface area (Å²) in [6.07, 6.45) is 1.33. The summed E-state index contributed by atoms with van der Waals surface area (Å²) >= 11 is 0. The second-order valence-corrected chi connectivity index (χ2v) is 3.39. The van der Waals surface area contributed by atoms with Crippen molar-refractivity contribution in [3.05, 3.63) is 30.1 Å². The second kappa shape index (κ2) is 4.75. The highest BCUT2D eigenvalue weighted by atomic mass is 16.4. The number of fused-ring (bicyclic) bond motifs is 1. The normalized spacial score (nSPS) is 10.4. The summed E-state index contributed by atoms with van der Waals surface area (Å²) in [6, 6.07) is 4.47. The molecule has 1 aromatic heterocycles. The molecule has 6 heteroatoms. The first-order valence-corrected chi connectivity index (χ1v) is 5.03. The molecule has 0 aliphatic carbocycles. The van der Waals surface area contributed by atoms with E-state index in [1.807, 2.05) is 0 Å². The number of nitrogens with one attached hydrogen (secondary N) is 1. The van der Waals surface area contributed by atoms with Gasteiger partial charge in [0.05, 0.1) is 18.1 Å².